The van der Waals surface area contributed by atoms with Crippen molar-refractivity contribution in [1.29, 1.82) is 0 Å². The van der Waals surface area contributed by atoms with E-state index in [0.29, 0.717) is 30.1 Å². The van der Waals surface area contributed by atoms with Gasteiger partial charge in [0.1, 0.15) is 5.76 Å². The number of esters is 2. The van der Waals surface area contributed by atoms with Gasteiger partial charge in [-0.2, -0.15) is 0 Å². The van der Waals surface area contributed by atoms with Gasteiger partial charge in [0, 0.05) is 6.54 Å². The molecule has 10 nitrogen and oxygen atoms in total. The second kappa shape index (κ2) is 11.7. The molecule has 1 aliphatic carbocycles. The Morgan fingerprint density at radius 3 is 2.57 bits per heavy atom. The summed E-state index contributed by atoms with van der Waals surface area (Å²) in [5, 5.41) is 22.0. The van der Waals surface area contributed by atoms with E-state index >= 15 is 0 Å². The molecule has 0 aromatic heterocycles. The highest BCUT2D eigenvalue weighted by molar-refractivity contribution is 5.86. The Balaban J connectivity index is 1.47. The molecule has 0 radical (unpaired) electrons. The van der Waals surface area contributed by atoms with Gasteiger partial charge in [0.15, 0.2) is 23.2 Å². The number of carbonyl (C=O) groups is 2. The Kier molecular flexibility index (Phi) is 8.53. The summed E-state index contributed by atoms with van der Waals surface area (Å²) in [7, 11) is 1.56. The van der Waals surface area contributed by atoms with Crippen molar-refractivity contribution in [2.45, 2.75) is 101 Å². The number of nitrogens with zero attached hydrogens (tertiary/aromatic N) is 1. The van der Waals surface area contributed by atoms with Gasteiger partial charge in [-0.1, -0.05) is 13.8 Å². The van der Waals surface area contributed by atoms with Crippen molar-refractivity contribution >= 4 is 11.9 Å². The molecule has 1 aromatic carbocycles. The van der Waals surface area contributed by atoms with Crippen LogP contribution in [0, 0.1) is 5.92 Å². The van der Waals surface area contributed by atoms with Crippen LogP contribution in [-0.4, -0.2) is 83.5 Å². The zero-order valence-corrected chi connectivity index (χ0v) is 25.4. The number of rotatable bonds is 11. The molecule has 10 heteroatoms. The lowest BCUT2D eigenvalue weighted by atomic mass is 9.77. The molecular weight excluding hydrogens is 542 g/mol. The van der Waals surface area contributed by atoms with Crippen molar-refractivity contribution < 1.29 is 43.5 Å². The van der Waals surface area contributed by atoms with Crippen LogP contribution in [0.25, 0.3) is 0 Å². The number of hydrogen-bond donors (Lipinski definition) is 2. The van der Waals surface area contributed by atoms with E-state index in [4.69, 9.17) is 23.7 Å². The summed E-state index contributed by atoms with van der Waals surface area (Å²) >= 11 is 0. The van der Waals surface area contributed by atoms with Crippen LogP contribution >= 0.6 is 0 Å². The molecule has 0 saturated carbocycles. The third-order valence-corrected chi connectivity index (χ3v) is 8.97. The van der Waals surface area contributed by atoms with Crippen LogP contribution in [0.3, 0.4) is 0 Å². The largest absolute Gasteiger partial charge is 0.497 e. The number of carbonyl (C=O) groups excluding carboxylic acids is 2. The first kappa shape index (κ1) is 30.6. The molecule has 232 valence electrons. The van der Waals surface area contributed by atoms with Gasteiger partial charge in [0.05, 0.1) is 37.2 Å². The van der Waals surface area contributed by atoms with E-state index in [1.54, 1.807) is 21.0 Å². The second-order valence-electron chi connectivity index (χ2n) is 13.2. The molecule has 0 amide bonds. The van der Waals surface area contributed by atoms with Crippen LogP contribution < -0.4 is 9.47 Å². The zero-order valence-electron chi connectivity index (χ0n) is 25.4. The third kappa shape index (κ3) is 5.98. The van der Waals surface area contributed by atoms with E-state index < -0.39 is 41.2 Å². The van der Waals surface area contributed by atoms with E-state index in [1.165, 1.54) is 0 Å². The molecular formula is C32H45NO9. The average molecular weight is 588 g/mol. The van der Waals surface area contributed by atoms with Gasteiger partial charge >= 0.3 is 11.9 Å². The van der Waals surface area contributed by atoms with E-state index in [2.05, 4.69) is 11.0 Å². The van der Waals surface area contributed by atoms with E-state index in [9.17, 15) is 19.8 Å². The highest BCUT2D eigenvalue weighted by atomic mass is 16.7. The third-order valence-electron chi connectivity index (χ3n) is 8.97. The quantitative estimate of drug-likeness (QED) is 0.371. The number of aliphatic hydroxyl groups is 2. The lowest BCUT2D eigenvalue weighted by Crippen LogP contribution is -2.49. The summed E-state index contributed by atoms with van der Waals surface area (Å²) in [6.45, 7) is 9.23. The number of ether oxygens (including phenoxy) is 5. The van der Waals surface area contributed by atoms with Gasteiger partial charge in [-0.15, -0.1) is 0 Å². The van der Waals surface area contributed by atoms with Crippen LogP contribution in [0.1, 0.15) is 83.3 Å². The van der Waals surface area contributed by atoms with Gasteiger partial charge in [0.2, 0.25) is 6.79 Å². The Morgan fingerprint density at radius 2 is 1.88 bits per heavy atom. The highest BCUT2D eigenvalue weighted by Crippen LogP contribution is 2.55. The van der Waals surface area contributed by atoms with Gasteiger partial charge in [0.25, 0.3) is 0 Å². The van der Waals surface area contributed by atoms with Crippen LogP contribution in [0.5, 0.6) is 11.5 Å². The van der Waals surface area contributed by atoms with Crippen molar-refractivity contribution in [2.24, 2.45) is 5.92 Å². The standard InChI is InChI=1S/C32H45NO9/c1-20(2)18-39-26(34)17-32(37,11-6-9-30(3,4)36)29(35)42-28-25(38-5)16-31-10-7-12-33(31)13-8-21-14-23-24(41-19-40-23)15-22(21)27(28)31/h14-16,20,27-28,36-37H,6-13,17-19H2,1-5H3/t27-,28?,31+,32?/m1/s1. The molecule has 0 bridgehead atoms. The monoisotopic (exact) mass is 587 g/mol. The first-order valence-corrected chi connectivity index (χ1v) is 15.1. The highest BCUT2D eigenvalue weighted by Gasteiger charge is 2.59. The summed E-state index contributed by atoms with van der Waals surface area (Å²) in [5.41, 5.74) is -1.44. The van der Waals surface area contributed by atoms with Crippen molar-refractivity contribution in [3.63, 3.8) is 0 Å². The summed E-state index contributed by atoms with van der Waals surface area (Å²) in [5.74, 6) is 0.104. The Bertz CT molecular complexity index is 1220. The van der Waals surface area contributed by atoms with Gasteiger partial charge < -0.3 is 33.9 Å². The van der Waals surface area contributed by atoms with Crippen LogP contribution in [0.15, 0.2) is 24.0 Å². The van der Waals surface area contributed by atoms with Gasteiger partial charge in [-0.25, -0.2) is 4.79 Å². The molecule has 1 saturated heterocycles. The van der Waals surface area contributed by atoms with Crippen LogP contribution in [0.2, 0.25) is 0 Å². The van der Waals surface area contributed by atoms with Crippen molar-refractivity contribution in [3.8, 4) is 11.5 Å². The molecule has 4 atom stereocenters. The molecule has 3 heterocycles. The number of hydrogen-bond acceptors (Lipinski definition) is 10. The van der Waals surface area contributed by atoms with Crippen molar-refractivity contribution in [2.75, 3.05) is 33.6 Å². The smallest absolute Gasteiger partial charge is 0.339 e. The maximum atomic E-state index is 14.0. The molecule has 5 rings (SSSR count). The minimum absolute atomic E-state index is 0.0669. The maximum absolute atomic E-state index is 14.0. The first-order valence-electron chi connectivity index (χ1n) is 15.1. The minimum Gasteiger partial charge on any atom is -0.497 e. The average Bonchev–Trinajstić information content (AvgIpc) is 3.60. The molecule has 1 aromatic rings. The predicted molar refractivity (Wildman–Crippen MR) is 153 cm³/mol. The molecule has 2 unspecified atom stereocenters. The zero-order chi connectivity index (χ0) is 30.3. The molecule has 42 heavy (non-hydrogen) atoms. The second-order valence-corrected chi connectivity index (χ2v) is 13.2. The molecule has 1 spiro atoms. The number of fused-ring (bicyclic) bond motifs is 3. The first-order chi connectivity index (χ1) is 19.8. The van der Waals surface area contributed by atoms with Crippen molar-refractivity contribution in [1.82, 2.24) is 4.90 Å². The fourth-order valence-corrected chi connectivity index (χ4v) is 6.94. The molecule has 4 aliphatic rings. The predicted octanol–water partition coefficient (Wildman–Crippen LogP) is 3.61. The Hall–Kier alpha value is -2.82. The lowest BCUT2D eigenvalue weighted by Gasteiger charge is -2.39. The topological polar surface area (TPSA) is 124 Å². The SMILES string of the molecule is COC1=C[C@]23CCCN2CCc2cc4c(cc2[C@@H]3C1OC(=O)C(O)(CCCC(C)(C)O)CC(=O)OCC(C)C)OCO4. The minimum atomic E-state index is -2.13. The summed E-state index contributed by atoms with van der Waals surface area (Å²) in [6, 6.07) is 4.02. The summed E-state index contributed by atoms with van der Waals surface area (Å²) in [6.07, 6.45) is 3.96. The summed E-state index contributed by atoms with van der Waals surface area (Å²) in [4.78, 5) is 29.2. The van der Waals surface area contributed by atoms with Gasteiger partial charge in [-0.3, -0.25) is 9.69 Å². The van der Waals surface area contributed by atoms with E-state index in [-0.39, 0.29) is 31.7 Å². The maximum Gasteiger partial charge on any atom is 0.339 e. The Morgan fingerprint density at radius 1 is 1.14 bits per heavy atom. The molecule has 2 N–H and O–H groups in total. The normalized spacial score (nSPS) is 26.0. The van der Waals surface area contributed by atoms with E-state index in [0.717, 1.165) is 43.5 Å². The molecule has 1 fully saturated rings. The van der Waals surface area contributed by atoms with Gasteiger partial charge in [-0.05, 0) is 94.2 Å². The number of benzene rings is 1. The van der Waals surface area contributed by atoms with Crippen LogP contribution in [-0.2, 0) is 30.2 Å². The molecule has 3 aliphatic heterocycles. The lowest BCUT2D eigenvalue weighted by molar-refractivity contribution is -0.179. The fraction of sp³-hybridized carbons (Fsp3) is 0.688. The van der Waals surface area contributed by atoms with Crippen molar-refractivity contribution in [3.05, 3.63) is 35.1 Å². The Labute approximate surface area is 247 Å². The summed E-state index contributed by atoms with van der Waals surface area (Å²) < 4.78 is 28.8. The van der Waals surface area contributed by atoms with E-state index in [1.807, 2.05) is 26.0 Å². The fourth-order valence-electron chi connectivity index (χ4n) is 6.94. The number of methoxy groups -OCH3 is 1. The van der Waals surface area contributed by atoms with Crippen LogP contribution in [0.4, 0.5) is 0 Å².